The van der Waals surface area contributed by atoms with Crippen molar-refractivity contribution in [2.75, 3.05) is 0 Å². The van der Waals surface area contributed by atoms with Gasteiger partial charge in [-0.2, -0.15) is 0 Å². The molecular formula is C22H33FIN2O2+. The van der Waals surface area contributed by atoms with Crippen LogP contribution in [0.1, 0.15) is 52.8 Å². The van der Waals surface area contributed by atoms with Gasteiger partial charge in [-0.3, -0.25) is 0 Å². The fourth-order valence-electron chi connectivity index (χ4n) is 4.65. The van der Waals surface area contributed by atoms with Gasteiger partial charge in [-0.1, -0.05) is 34.1 Å². The zero-order chi connectivity index (χ0) is 19.7. The molecule has 2 aromatic rings. The van der Waals surface area contributed by atoms with Gasteiger partial charge in [0, 0.05) is 12.5 Å². The van der Waals surface area contributed by atoms with Crippen molar-refractivity contribution in [3.63, 3.8) is 0 Å². The minimum atomic E-state index is -0.293. The highest BCUT2D eigenvalue weighted by molar-refractivity contribution is 14.0. The van der Waals surface area contributed by atoms with E-state index in [0.29, 0.717) is 17.8 Å². The molecule has 0 amide bonds. The molecule has 1 unspecified atom stereocenters. The van der Waals surface area contributed by atoms with Crippen molar-refractivity contribution in [3.8, 4) is 0 Å². The minimum absolute atomic E-state index is 0. The summed E-state index contributed by atoms with van der Waals surface area (Å²) >= 11 is 0. The molecule has 4 nitrogen and oxygen atoms in total. The largest absolute Gasteiger partial charge is 0.459 e. The lowest BCUT2D eigenvalue weighted by Crippen LogP contribution is -2.37. The molecule has 0 spiro atoms. The highest BCUT2D eigenvalue weighted by Gasteiger charge is 2.34. The number of halogens is 2. The summed E-state index contributed by atoms with van der Waals surface area (Å²) in [5.41, 5.74) is 1.66. The maximum absolute atomic E-state index is 13.8. The quantitative estimate of drug-likeness (QED) is 0.334. The Labute approximate surface area is 184 Å². The Morgan fingerprint density at radius 1 is 1.36 bits per heavy atom. The molecule has 156 valence electrons. The monoisotopic (exact) mass is 503 g/mol. The van der Waals surface area contributed by atoms with Gasteiger partial charge in [0.25, 0.3) is 5.82 Å². The van der Waals surface area contributed by atoms with Crippen molar-refractivity contribution in [1.82, 2.24) is 4.57 Å². The lowest BCUT2D eigenvalue weighted by molar-refractivity contribution is -0.653. The number of aryl methyl sites for hydroxylation is 1. The van der Waals surface area contributed by atoms with E-state index in [1.54, 1.807) is 6.07 Å². The van der Waals surface area contributed by atoms with E-state index >= 15 is 0 Å². The first kappa shape index (κ1) is 23.1. The number of rotatable bonds is 5. The summed E-state index contributed by atoms with van der Waals surface area (Å²) in [6.07, 6.45) is 4.00. The van der Waals surface area contributed by atoms with Crippen molar-refractivity contribution in [2.24, 2.45) is 24.8 Å². The molecule has 28 heavy (non-hydrogen) atoms. The van der Waals surface area contributed by atoms with Gasteiger partial charge in [0.1, 0.15) is 11.9 Å². The number of ether oxygens (including phenoxy) is 1. The number of carbonyl (C=O) groups excluding carboxylic acids is 1. The average Bonchev–Trinajstić information content (AvgIpc) is 2.85. The number of imidazole rings is 1. The molecule has 3 rings (SSSR count). The molecular weight excluding hydrogens is 470 g/mol. The maximum Gasteiger partial charge on any atom is 0.348 e. The van der Waals surface area contributed by atoms with E-state index in [1.807, 2.05) is 23.1 Å². The lowest BCUT2D eigenvalue weighted by Gasteiger charge is -2.36. The third kappa shape index (κ3) is 4.69. The van der Waals surface area contributed by atoms with Gasteiger partial charge in [-0.05, 0) is 42.7 Å². The molecule has 1 saturated carbocycles. The fraction of sp³-hybridized carbons (Fsp3) is 0.636. The molecule has 1 fully saturated rings. The molecule has 1 aliphatic carbocycles. The van der Waals surface area contributed by atoms with Crippen LogP contribution < -0.4 is 4.57 Å². The van der Waals surface area contributed by atoms with Gasteiger partial charge in [0.2, 0.25) is 0 Å². The minimum Gasteiger partial charge on any atom is -0.459 e. The Kier molecular flexibility index (Phi) is 7.88. The molecule has 3 atom stereocenters. The van der Waals surface area contributed by atoms with Crippen LogP contribution in [-0.2, 0) is 29.5 Å². The lowest BCUT2D eigenvalue weighted by atomic mass is 9.75. The second-order valence-electron chi connectivity index (χ2n) is 8.40. The average molecular weight is 503 g/mol. The van der Waals surface area contributed by atoms with Gasteiger partial charge in [0.05, 0.1) is 7.05 Å². The smallest absolute Gasteiger partial charge is 0.348 e. The zero-order valence-electron chi connectivity index (χ0n) is 17.6. The zero-order valence-corrected chi connectivity index (χ0v) is 19.9. The number of benzene rings is 1. The Hall–Kier alpha value is -1.18. The van der Waals surface area contributed by atoms with E-state index < -0.39 is 0 Å². The van der Waals surface area contributed by atoms with E-state index in [-0.39, 0.29) is 48.4 Å². The number of esters is 1. The highest BCUT2D eigenvalue weighted by atomic mass is 127. The van der Waals surface area contributed by atoms with E-state index in [0.717, 1.165) is 36.1 Å². The molecule has 0 bridgehead atoms. The second-order valence-corrected chi connectivity index (χ2v) is 8.40. The van der Waals surface area contributed by atoms with Crippen molar-refractivity contribution >= 4 is 41.0 Å². The number of nitrogens with zero attached hydrogens (tertiary/aromatic N) is 2. The molecule has 1 heterocycles. The van der Waals surface area contributed by atoms with E-state index in [9.17, 15) is 9.18 Å². The second kappa shape index (κ2) is 9.55. The number of hydrogen-bond acceptors (Lipinski definition) is 2. The van der Waals surface area contributed by atoms with Crippen LogP contribution in [0.4, 0.5) is 4.39 Å². The SMILES string of the molecule is CCc1n(CC(=O)OC2C[C@H](C)CC[C@H]2C(C)C)c2cc(F)ccc2[n+]1C.I. The normalized spacial score (nSPS) is 22.3. The van der Waals surface area contributed by atoms with Crippen LogP contribution in [0.25, 0.3) is 11.0 Å². The number of hydrogen-bond donors (Lipinski definition) is 0. The molecule has 1 aromatic carbocycles. The number of carbonyl (C=O) groups is 1. The molecule has 0 saturated heterocycles. The standard InChI is InChI=1S/C22H32FN2O2.HI/c1-6-21-24(5)18-10-8-16(23)12-19(18)25(21)13-22(26)27-20-11-15(4)7-9-17(20)14(2)3;/h8,10,12,14-15,17,20H,6-7,9,11,13H2,1-5H3;1H/q+1;/t15-,17+,20?;/m1./s1. The number of aromatic nitrogens is 2. The van der Waals surface area contributed by atoms with Crippen molar-refractivity contribution in [2.45, 2.75) is 66.0 Å². The van der Waals surface area contributed by atoms with Crippen molar-refractivity contribution in [1.29, 1.82) is 0 Å². The molecule has 0 radical (unpaired) electrons. The van der Waals surface area contributed by atoms with E-state index in [4.69, 9.17) is 4.74 Å². The van der Waals surface area contributed by atoms with E-state index in [1.165, 1.54) is 18.6 Å². The summed E-state index contributed by atoms with van der Waals surface area (Å²) in [5.74, 6) is 1.98. The third-order valence-electron chi connectivity index (χ3n) is 6.14. The van der Waals surface area contributed by atoms with Crippen LogP contribution >= 0.6 is 24.0 Å². The third-order valence-corrected chi connectivity index (χ3v) is 6.14. The van der Waals surface area contributed by atoms with Crippen LogP contribution in [0.3, 0.4) is 0 Å². The predicted molar refractivity (Wildman–Crippen MR) is 119 cm³/mol. The first-order valence-corrected chi connectivity index (χ1v) is 10.2. The Bertz CT molecular complexity index is 834. The Morgan fingerprint density at radius 2 is 2.07 bits per heavy atom. The van der Waals surface area contributed by atoms with Crippen LogP contribution in [0, 0.1) is 23.6 Å². The fourth-order valence-corrected chi connectivity index (χ4v) is 4.65. The Morgan fingerprint density at radius 3 is 2.71 bits per heavy atom. The van der Waals surface area contributed by atoms with Gasteiger partial charge in [-0.25, -0.2) is 18.3 Å². The summed E-state index contributed by atoms with van der Waals surface area (Å²) in [4.78, 5) is 12.8. The molecule has 1 aromatic heterocycles. The molecule has 0 N–H and O–H groups in total. The summed E-state index contributed by atoms with van der Waals surface area (Å²) in [6, 6.07) is 4.73. The van der Waals surface area contributed by atoms with Gasteiger partial charge >= 0.3 is 5.97 Å². The van der Waals surface area contributed by atoms with Crippen LogP contribution in [0.15, 0.2) is 18.2 Å². The summed E-state index contributed by atoms with van der Waals surface area (Å²) in [6.45, 7) is 8.82. The van der Waals surface area contributed by atoms with Crippen LogP contribution in [0.2, 0.25) is 0 Å². The van der Waals surface area contributed by atoms with Gasteiger partial charge in [0.15, 0.2) is 17.6 Å². The van der Waals surface area contributed by atoms with E-state index in [2.05, 4.69) is 20.8 Å². The molecule has 0 aliphatic heterocycles. The van der Waals surface area contributed by atoms with Crippen LogP contribution in [-0.4, -0.2) is 16.6 Å². The topological polar surface area (TPSA) is 35.1 Å². The summed E-state index contributed by atoms with van der Waals surface area (Å²) in [7, 11) is 1.96. The summed E-state index contributed by atoms with van der Waals surface area (Å²) in [5, 5.41) is 0. The molecule has 1 aliphatic rings. The van der Waals surface area contributed by atoms with Gasteiger partial charge < -0.3 is 4.74 Å². The highest BCUT2D eigenvalue weighted by Crippen LogP contribution is 2.35. The van der Waals surface area contributed by atoms with Crippen molar-refractivity contribution in [3.05, 3.63) is 29.8 Å². The van der Waals surface area contributed by atoms with Gasteiger partial charge in [-0.15, -0.1) is 24.0 Å². The molecule has 6 heteroatoms. The predicted octanol–water partition coefficient (Wildman–Crippen LogP) is 4.79. The van der Waals surface area contributed by atoms with Crippen molar-refractivity contribution < 1.29 is 18.5 Å². The Balaban J connectivity index is 0.00000280. The maximum atomic E-state index is 13.8. The van der Waals surface area contributed by atoms with Crippen LogP contribution in [0.5, 0.6) is 0 Å². The summed E-state index contributed by atoms with van der Waals surface area (Å²) < 4.78 is 23.7. The first-order valence-electron chi connectivity index (χ1n) is 10.2. The number of fused-ring (bicyclic) bond motifs is 1. The first-order chi connectivity index (χ1) is 12.8.